The third-order valence-corrected chi connectivity index (χ3v) is 7.96. The molecule has 2 aromatic rings. The first kappa shape index (κ1) is 22.3. The van der Waals surface area contributed by atoms with E-state index in [0.29, 0.717) is 5.41 Å². The molecule has 5 rings (SSSR count). The van der Waals surface area contributed by atoms with Crippen molar-refractivity contribution in [3.63, 3.8) is 0 Å². The minimum atomic E-state index is -0.545. The third-order valence-electron chi connectivity index (χ3n) is 7.96. The SMILES string of the molecule is COc1ccc2c(c1)[C@]13CCCC[C@@H]1[C@H](C2)N(C)CC3.C[C@@H](N)[C@@H](O)c1ccccc1. The Balaban J connectivity index is 0.000000180. The molecule has 0 unspecified atom stereocenters. The molecule has 1 heterocycles. The van der Waals surface area contributed by atoms with Gasteiger partial charge in [-0.1, -0.05) is 49.2 Å². The zero-order chi connectivity index (χ0) is 22.0. The lowest BCUT2D eigenvalue weighted by Crippen LogP contribution is -2.59. The van der Waals surface area contributed by atoms with Crippen LogP contribution in [0.3, 0.4) is 0 Å². The molecule has 0 amide bonds. The maximum absolute atomic E-state index is 9.47. The normalized spacial score (nSPS) is 28.9. The average Bonchev–Trinajstić information content (AvgIpc) is 2.81. The van der Waals surface area contributed by atoms with E-state index in [1.54, 1.807) is 25.2 Å². The smallest absolute Gasteiger partial charge is 0.119 e. The van der Waals surface area contributed by atoms with E-state index in [0.717, 1.165) is 23.3 Å². The molecule has 2 fully saturated rings. The van der Waals surface area contributed by atoms with Gasteiger partial charge in [0.1, 0.15) is 5.75 Å². The van der Waals surface area contributed by atoms with E-state index < -0.39 is 6.10 Å². The maximum Gasteiger partial charge on any atom is 0.119 e. The van der Waals surface area contributed by atoms with Crippen molar-refractivity contribution < 1.29 is 9.84 Å². The van der Waals surface area contributed by atoms with Crippen molar-refractivity contribution >= 4 is 0 Å². The van der Waals surface area contributed by atoms with Gasteiger partial charge in [-0.25, -0.2) is 0 Å². The van der Waals surface area contributed by atoms with Crippen LogP contribution >= 0.6 is 0 Å². The van der Waals surface area contributed by atoms with Crippen molar-refractivity contribution in [3.8, 4) is 5.75 Å². The second kappa shape index (κ2) is 9.32. The van der Waals surface area contributed by atoms with Gasteiger partial charge in [0, 0.05) is 17.5 Å². The molecule has 2 aromatic carbocycles. The number of ether oxygens (including phenoxy) is 1. The first-order chi connectivity index (χ1) is 15.0. The third kappa shape index (κ3) is 4.26. The van der Waals surface area contributed by atoms with Crippen LogP contribution < -0.4 is 10.5 Å². The molecular weight excluding hydrogens is 384 g/mol. The number of likely N-dealkylation sites (N-methyl/N-ethyl adjacent to an activating group) is 1. The highest BCUT2D eigenvalue weighted by Gasteiger charge is 2.53. The Labute approximate surface area is 187 Å². The Morgan fingerprint density at radius 1 is 1.13 bits per heavy atom. The number of hydrogen-bond donors (Lipinski definition) is 2. The lowest BCUT2D eigenvalue weighted by molar-refractivity contribution is 0.00274. The minimum absolute atomic E-state index is 0.211. The fraction of sp³-hybridized carbons (Fsp3) is 0.556. The fourth-order valence-electron chi connectivity index (χ4n) is 6.26. The summed E-state index contributed by atoms with van der Waals surface area (Å²) in [5, 5.41) is 9.47. The zero-order valence-corrected chi connectivity index (χ0v) is 19.3. The predicted octanol–water partition coefficient (Wildman–Crippen LogP) is 4.45. The Morgan fingerprint density at radius 3 is 2.61 bits per heavy atom. The van der Waals surface area contributed by atoms with Crippen LogP contribution in [0.1, 0.15) is 61.8 Å². The summed E-state index contributed by atoms with van der Waals surface area (Å²) in [5.41, 5.74) is 10.1. The van der Waals surface area contributed by atoms with Crippen molar-refractivity contribution in [2.24, 2.45) is 11.7 Å². The van der Waals surface area contributed by atoms with Gasteiger partial charge in [-0.05, 0) is 80.9 Å². The van der Waals surface area contributed by atoms with Crippen LogP contribution in [-0.2, 0) is 11.8 Å². The molecule has 0 radical (unpaired) electrons. The van der Waals surface area contributed by atoms with Crippen LogP contribution in [0.4, 0.5) is 0 Å². The van der Waals surface area contributed by atoms with E-state index in [1.165, 1.54) is 45.1 Å². The second-order valence-electron chi connectivity index (χ2n) is 9.75. The number of nitrogens with zero attached hydrogens (tertiary/aromatic N) is 1. The van der Waals surface area contributed by atoms with Crippen LogP contribution in [0.15, 0.2) is 48.5 Å². The number of aliphatic hydroxyl groups excluding tert-OH is 1. The summed E-state index contributed by atoms with van der Waals surface area (Å²) in [4.78, 5) is 2.63. The molecule has 5 atom stereocenters. The van der Waals surface area contributed by atoms with E-state index in [-0.39, 0.29) is 6.04 Å². The van der Waals surface area contributed by atoms with Crippen molar-refractivity contribution in [2.45, 2.75) is 69.1 Å². The molecule has 168 valence electrons. The lowest BCUT2D eigenvalue weighted by atomic mass is 9.52. The number of hydrogen-bond acceptors (Lipinski definition) is 4. The molecule has 2 bridgehead atoms. The molecule has 3 N–H and O–H groups in total. The van der Waals surface area contributed by atoms with E-state index in [4.69, 9.17) is 10.5 Å². The zero-order valence-electron chi connectivity index (χ0n) is 19.3. The topological polar surface area (TPSA) is 58.7 Å². The van der Waals surface area contributed by atoms with Crippen LogP contribution in [0.5, 0.6) is 5.75 Å². The number of nitrogens with two attached hydrogens (primary N) is 1. The van der Waals surface area contributed by atoms with Crippen molar-refractivity contribution in [2.75, 3.05) is 20.7 Å². The summed E-state index contributed by atoms with van der Waals surface area (Å²) >= 11 is 0. The second-order valence-corrected chi connectivity index (χ2v) is 9.75. The highest BCUT2D eigenvalue weighted by Crippen LogP contribution is 2.55. The Bertz CT molecular complexity index is 869. The minimum Gasteiger partial charge on any atom is -0.497 e. The summed E-state index contributed by atoms with van der Waals surface area (Å²) in [6.45, 7) is 3.05. The molecule has 1 saturated heterocycles. The highest BCUT2D eigenvalue weighted by molar-refractivity contribution is 5.45. The molecule has 2 aliphatic carbocycles. The van der Waals surface area contributed by atoms with Crippen LogP contribution in [0.25, 0.3) is 0 Å². The number of methoxy groups -OCH3 is 1. The quantitative estimate of drug-likeness (QED) is 0.767. The van der Waals surface area contributed by atoms with E-state index in [2.05, 4.69) is 30.1 Å². The average molecular weight is 423 g/mol. The number of likely N-dealkylation sites (tertiary alicyclic amines) is 1. The molecule has 1 saturated carbocycles. The number of benzene rings is 2. The van der Waals surface area contributed by atoms with Crippen molar-refractivity contribution in [3.05, 3.63) is 65.2 Å². The molecule has 0 aromatic heterocycles. The largest absolute Gasteiger partial charge is 0.497 e. The summed E-state index contributed by atoms with van der Waals surface area (Å²) in [6, 6.07) is 16.8. The highest BCUT2D eigenvalue weighted by atomic mass is 16.5. The van der Waals surface area contributed by atoms with Gasteiger partial charge in [0.2, 0.25) is 0 Å². The number of piperidine rings is 1. The fourth-order valence-corrected chi connectivity index (χ4v) is 6.26. The van der Waals surface area contributed by atoms with Crippen LogP contribution in [-0.4, -0.2) is 42.8 Å². The Morgan fingerprint density at radius 2 is 1.90 bits per heavy atom. The van der Waals surface area contributed by atoms with Gasteiger partial charge in [0.15, 0.2) is 0 Å². The Kier molecular flexibility index (Phi) is 6.71. The summed E-state index contributed by atoms with van der Waals surface area (Å²) in [5.74, 6) is 1.91. The monoisotopic (exact) mass is 422 g/mol. The predicted molar refractivity (Wildman–Crippen MR) is 126 cm³/mol. The van der Waals surface area contributed by atoms with Gasteiger partial charge >= 0.3 is 0 Å². The van der Waals surface area contributed by atoms with Crippen LogP contribution in [0.2, 0.25) is 0 Å². The standard InChI is InChI=1S/C18H25NO.C9H13NO/c1-19-10-9-18-8-4-3-5-15(18)17(19)11-13-6-7-14(20-2)12-16(13)18;1-7(10)9(11)8-5-3-2-4-6-8/h6-7,12,15,17H,3-5,8-11H2,1-2H3;2-7,9,11H,10H2,1H3/t15-,17+,18+;7-,9-/m11/s1. The van der Waals surface area contributed by atoms with Gasteiger partial charge < -0.3 is 20.5 Å². The maximum atomic E-state index is 9.47. The molecule has 4 nitrogen and oxygen atoms in total. The van der Waals surface area contributed by atoms with Gasteiger partial charge in [0.25, 0.3) is 0 Å². The van der Waals surface area contributed by atoms with Crippen molar-refractivity contribution in [1.29, 1.82) is 0 Å². The number of fused-ring (bicyclic) bond motifs is 1. The van der Waals surface area contributed by atoms with Gasteiger partial charge in [-0.15, -0.1) is 0 Å². The van der Waals surface area contributed by atoms with E-state index in [9.17, 15) is 5.11 Å². The first-order valence-electron chi connectivity index (χ1n) is 11.8. The number of rotatable bonds is 3. The Hall–Kier alpha value is -1.88. The van der Waals surface area contributed by atoms with Crippen molar-refractivity contribution in [1.82, 2.24) is 4.90 Å². The molecule has 4 heteroatoms. The number of aliphatic hydroxyl groups is 1. The molecule has 1 aliphatic heterocycles. The molecule has 3 aliphatic rings. The molecular formula is C27H38N2O2. The van der Waals surface area contributed by atoms with Crippen LogP contribution in [0, 0.1) is 5.92 Å². The summed E-state index contributed by atoms with van der Waals surface area (Å²) in [7, 11) is 4.12. The molecule has 0 spiro atoms. The van der Waals surface area contributed by atoms with Gasteiger partial charge in [-0.2, -0.15) is 0 Å². The van der Waals surface area contributed by atoms with Gasteiger partial charge in [-0.3, -0.25) is 0 Å². The summed E-state index contributed by atoms with van der Waals surface area (Å²) in [6.07, 6.45) is 7.68. The van der Waals surface area contributed by atoms with E-state index >= 15 is 0 Å². The first-order valence-corrected chi connectivity index (χ1v) is 11.8. The van der Waals surface area contributed by atoms with E-state index in [1.807, 2.05) is 30.3 Å². The molecule has 31 heavy (non-hydrogen) atoms. The summed E-state index contributed by atoms with van der Waals surface area (Å²) < 4.78 is 5.51. The van der Waals surface area contributed by atoms with Gasteiger partial charge in [0.05, 0.1) is 13.2 Å². The lowest BCUT2D eigenvalue weighted by Gasteiger charge is -2.58.